The molecule has 1 unspecified atom stereocenters. The van der Waals surface area contributed by atoms with Crippen LogP contribution in [0.1, 0.15) is 18.1 Å². The van der Waals surface area contributed by atoms with Crippen molar-refractivity contribution in [2.75, 3.05) is 0 Å². The lowest BCUT2D eigenvalue weighted by atomic mass is 10.1. The molecule has 1 aromatic carbocycles. The van der Waals surface area contributed by atoms with E-state index >= 15 is 0 Å². The van der Waals surface area contributed by atoms with E-state index < -0.39 is 0 Å². The van der Waals surface area contributed by atoms with Gasteiger partial charge in [-0.05, 0) is 37.5 Å². The zero-order valence-electron chi connectivity index (χ0n) is 11.1. The molecule has 100 valence electrons. The Morgan fingerprint density at radius 1 is 1.32 bits per heavy atom. The molecule has 1 aromatic heterocycles. The molecule has 0 bridgehead atoms. The Labute approximate surface area is 118 Å². The van der Waals surface area contributed by atoms with Crippen LogP contribution in [0.3, 0.4) is 0 Å². The maximum Gasteiger partial charge on any atom is 0.147 e. The number of pyridine rings is 1. The zero-order chi connectivity index (χ0) is 13.8. The van der Waals surface area contributed by atoms with E-state index in [4.69, 9.17) is 22.1 Å². The fourth-order valence-electron chi connectivity index (χ4n) is 1.83. The Morgan fingerprint density at radius 3 is 2.79 bits per heavy atom. The van der Waals surface area contributed by atoms with Gasteiger partial charge in [-0.1, -0.05) is 23.7 Å². The number of ether oxygens (including phenoxy) is 1. The first-order valence-electron chi connectivity index (χ1n) is 6.18. The number of rotatable bonds is 4. The van der Waals surface area contributed by atoms with E-state index in [0.29, 0.717) is 10.8 Å². The third-order valence-electron chi connectivity index (χ3n) is 2.72. The van der Waals surface area contributed by atoms with Crippen LogP contribution < -0.4 is 10.5 Å². The van der Waals surface area contributed by atoms with E-state index in [1.165, 1.54) is 0 Å². The second-order valence-electron chi connectivity index (χ2n) is 4.72. The predicted octanol–water partition coefficient (Wildman–Crippen LogP) is 3.73. The van der Waals surface area contributed by atoms with Gasteiger partial charge in [0.2, 0.25) is 0 Å². The number of nitrogens with two attached hydrogens (primary N) is 1. The van der Waals surface area contributed by atoms with Gasteiger partial charge in [0.15, 0.2) is 0 Å². The third kappa shape index (κ3) is 3.94. The van der Waals surface area contributed by atoms with Gasteiger partial charge in [0, 0.05) is 18.3 Å². The minimum atomic E-state index is 0.128. The van der Waals surface area contributed by atoms with Crippen LogP contribution in [0.2, 0.25) is 5.02 Å². The summed E-state index contributed by atoms with van der Waals surface area (Å²) in [6, 6.07) is 7.99. The standard InChI is InChI=1S/C15H17ClN2O/c1-10-3-4-12(5-11(2)17)6-15(10)19-14-7-13(16)8-18-9-14/h3-4,6-9,11H,5,17H2,1-2H3. The van der Waals surface area contributed by atoms with Gasteiger partial charge < -0.3 is 10.5 Å². The number of aromatic nitrogens is 1. The van der Waals surface area contributed by atoms with E-state index in [1.54, 1.807) is 18.5 Å². The van der Waals surface area contributed by atoms with Gasteiger partial charge in [-0.3, -0.25) is 4.98 Å². The van der Waals surface area contributed by atoms with Crippen molar-refractivity contribution in [2.45, 2.75) is 26.3 Å². The summed E-state index contributed by atoms with van der Waals surface area (Å²) < 4.78 is 5.82. The molecule has 2 aromatic rings. The molecule has 1 atom stereocenters. The normalized spacial score (nSPS) is 12.2. The zero-order valence-corrected chi connectivity index (χ0v) is 11.8. The maximum atomic E-state index is 5.89. The van der Waals surface area contributed by atoms with Gasteiger partial charge in [-0.2, -0.15) is 0 Å². The van der Waals surface area contributed by atoms with E-state index in [-0.39, 0.29) is 6.04 Å². The predicted molar refractivity (Wildman–Crippen MR) is 77.9 cm³/mol. The third-order valence-corrected chi connectivity index (χ3v) is 2.92. The number of benzene rings is 1. The molecule has 0 radical (unpaired) electrons. The highest BCUT2D eigenvalue weighted by Gasteiger charge is 2.06. The number of nitrogens with zero attached hydrogens (tertiary/aromatic N) is 1. The molecule has 2 rings (SSSR count). The quantitative estimate of drug-likeness (QED) is 0.926. The highest BCUT2D eigenvalue weighted by Crippen LogP contribution is 2.27. The molecule has 0 fully saturated rings. The van der Waals surface area contributed by atoms with Crippen molar-refractivity contribution in [2.24, 2.45) is 5.73 Å². The van der Waals surface area contributed by atoms with E-state index in [0.717, 1.165) is 23.3 Å². The van der Waals surface area contributed by atoms with Crippen molar-refractivity contribution >= 4 is 11.6 Å². The molecule has 2 N–H and O–H groups in total. The monoisotopic (exact) mass is 276 g/mol. The lowest BCUT2D eigenvalue weighted by Gasteiger charge is -2.12. The van der Waals surface area contributed by atoms with Crippen molar-refractivity contribution in [3.8, 4) is 11.5 Å². The lowest BCUT2D eigenvalue weighted by molar-refractivity contribution is 0.475. The highest BCUT2D eigenvalue weighted by atomic mass is 35.5. The number of aryl methyl sites for hydroxylation is 1. The van der Waals surface area contributed by atoms with Crippen LogP contribution in [-0.4, -0.2) is 11.0 Å². The summed E-state index contributed by atoms with van der Waals surface area (Å²) in [6.45, 7) is 3.99. The Morgan fingerprint density at radius 2 is 2.11 bits per heavy atom. The van der Waals surface area contributed by atoms with Crippen LogP contribution in [-0.2, 0) is 6.42 Å². The van der Waals surface area contributed by atoms with Gasteiger partial charge in [-0.15, -0.1) is 0 Å². The largest absolute Gasteiger partial charge is 0.455 e. The molecule has 1 heterocycles. The molecular weight excluding hydrogens is 260 g/mol. The molecule has 0 spiro atoms. The average Bonchev–Trinajstić information content (AvgIpc) is 2.33. The van der Waals surface area contributed by atoms with Gasteiger partial charge in [0.05, 0.1) is 11.2 Å². The number of hydrogen-bond donors (Lipinski definition) is 1. The van der Waals surface area contributed by atoms with Crippen LogP contribution >= 0.6 is 11.6 Å². The molecule has 0 aliphatic rings. The van der Waals surface area contributed by atoms with Crippen molar-refractivity contribution in [3.05, 3.63) is 52.8 Å². The lowest BCUT2D eigenvalue weighted by Crippen LogP contribution is -2.17. The minimum Gasteiger partial charge on any atom is -0.455 e. The summed E-state index contributed by atoms with van der Waals surface area (Å²) in [5.41, 5.74) is 8.04. The van der Waals surface area contributed by atoms with Crippen molar-refractivity contribution in [1.29, 1.82) is 0 Å². The Kier molecular flexibility index (Phi) is 4.40. The topological polar surface area (TPSA) is 48.1 Å². The van der Waals surface area contributed by atoms with Crippen molar-refractivity contribution in [3.63, 3.8) is 0 Å². The molecule has 19 heavy (non-hydrogen) atoms. The molecule has 0 aliphatic heterocycles. The second kappa shape index (κ2) is 6.04. The van der Waals surface area contributed by atoms with Crippen LogP contribution in [0.25, 0.3) is 0 Å². The van der Waals surface area contributed by atoms with Crippen LogP contribution in [0.15, 0.2) is 36.7 Å². The smallest absolute Gasteiger partial charge is 0.147 e. The minimum absolute atomic E-state index is 0.128. The van der Waals surface area contributed by atoms with Gasteiger partial charge in [0.1, 0.15) is 11.5 Å². The summed E-state index contributed by atoms with van der Waals surface area (Å²) in [5.74, 6) is 1.44. The summed E-state index contributed by atoms with van der Waals surface area (Å²) in [7, 11) is 0. The fraction of sp³-hybridized carbons (Fsp3) is 0.267. The SMILES string of the molecule is Cc1ccc(CC(C)N)cc1Oc1cncc(Cl)c1. The second-order valence-corrected chi connectivity index (χ2v) is 5.16. The summed E-state index contributed by atoms with van der Waals surface area (Å²) in [5, 5.41) is 0.557. The first kappa shape index (κ1) is 13.8. The molecule has 0 saturated heterocycles. The van der Waals surface area contributed by atoms with E-state index in [1.807, 2.05) is 26.0 Å². The van der Waals surface area contributed by atoms with Crippen molar-refractivity contribution in [1.82, 2.24) is 4.98 Å². The summed E-state index contributed by atoms with van der Waals surface area (Å²) >= 11 is 5.89. The first-order valence-corrected chi connectivity index (χ1v) is 6.56. The summed E-state index contributed by atoms with van der Waals surface area (Å²) in [4.78, 5) is 4.00. The van der Waals surface area contributed by atoms with Gasteiger partial charge in [0.25, 0.3) is 0 Å². The highest BCUT2D eigenvalue weighted by molar-refractivity contribution is 6.30. The van der Waals surface area contributed by atoms with Crippen molar-refractivity contribution < 1.29 is 4.74 Å². The number of halogens is 1. The van der Waals surface area contributed by atoms with Gasteiger partial charge in [-0.25, -0.2) is 0 Å². The van der Waals surface area contributed by atoms with Crippen LogP contribution in [0.4, 0.5) is 0 Å². The Hall–Kier alpha value is -1.58. The number of hydrogen-bond acceptors (Lipinski definition) is 3. The first-order chi connectivity index (χ1) is 9.04. The molecule has 0 saturated carbocycles. The Balaban J connectivity index is 2.23. The molecule has 0 aliphatic carbocycles. The van der Waals surface area contributed by atoms with Crippen LogP contribution in [0.5, 0.6) is 11.5 Å². The molecule has 3 nitrogen and oxygen atoms in total. The maximum absolute atomic E-state index is 5.89. The van der Waals surface area contributed by atoms with Gasteiger partial charge >= 0.3 is 0 Å². The van der Waals surface area contributed by atoms with E-state index in [2.05, 4.69) is 11.1 Å². The molecule has 0 amide bonds. The van der Waals surface area contributed by atoms with E-state index in [9.17, 15) is 0 Å². The molecular formula is C15H17ClN2O. The average molecular weight is 277 g/mol. The fourth-order valence-corrected chi connectivity index (χ4v) is 1.99. The Bertz CT molecular complexity index is 570. The summed E-state index contributed by atoms with van der Waals surface area (Å²) in [6.07, 6.45) is 4.04. The molecule has 4 heteroatoms. The van der Waals surface area contributed by atoms with Crippen LogP contribution in [0, 0.1) is 6.92 Å².